The molecule has 0 aliphatic rings. The Balaban J connectivity index is 0.00000261. The summed E-state index contributed by atoms with van der Waals surface area (Å²) in [6, 6.07) is 2.99. The molecule has 27 heavy (non-hydrogen) atoms. The summed E-state index contributed by atoms with van der Waals surface area (Å²) in [7, 11) is 1.67. The second kappa shape index (κ2) is 9.24. The fourth-order valence-electron chi connectivity index (χ4n) is 2.27. The van der Waals surface area contributed by atoms with Crippen LogP contribution in [-0.4, -0.2) is 93.2 Å². The molecular weight excluding hydrogens is 381 g/mol. The van der Waals surface area contributed by atoms with E-state index in [1.165, 1.54) is 24.7 Å². The van der Waals surface area contributed by atoms with Gasteiger partial charge in [0.1, 0.15) is 17.0 Å². The van der Waals surface area contributed by atoms with Crippen molar-refractivity contribution in [3.8, 4) is 17.3 Å². The molecule has 3 aromatic heterocycles. The first kappa shape index (κ1) is 21.2. The number of hydrogen-bond donors (Lipinski definition) is 3. The first-order valence-corrected chi connectivity index (χ1v) is 7.59. The van der Waals surface area contributed by atoms with Gasteiger partial charge in [-0.1, -0.05) is 5.16 Å². The molecule has 0 aliphatic carbocycles. The van der Waals surface area contributed by atoms with Crippen LogP contribution in [0.2, 0.25) is 0 Å². The molecule has 0 radical (unpaired) electrons. The zero-order valence-corrected chi connectivity index (χ0v) is 13.7. The standard InChI is InChI=1S/C16H15N5O5.K.H/c1-21-7-10(16(24)25)12(8-21)18-13(23)4-5-14-19-15(20-26-14)11-3-2-9(22)6-17-11;;/h2-3,6-8,22H,4-5H2,1H3,(H,18,23)(H,24,25);;. The number of carboxylic acid groups (broad SMARTS) is 1. The first-order valence-electron chi connectivity index (χ1n) is 7.59. The fourth-order valence-corrected chi connectivity index (χ4v) is 2.27. The van der Waals surface area contributed by atoms with E-state index < -0.39 is 5.97 Å². The van der Waals surface area contributed by atoms with Gasteiger partial charge in [-0.2, -0.15) is 4.98 Å². The van der Waals surface area contributed by atoms with E-state index in [-0.39, 0.29) is 98.8 Å². The normalized spacial score (nSPS) is 10.3. The van der Waals surface area contributed by atoms with Crippen LogP contribution in [0, 0.1) is 0 Å². The fraction of sp³-hybridized carbons (Fsp3) is 0.188. The number of amides is 1. The van der Waals surface area contributed by atoms with Gasteiger partial charge in [0.2, 0.25) is 17.6 Å². The summed E-state index contributed by atoms with van der Waals surface area (Å²) in [5.41, 5.74) is 0.668. The molecule has 3 N–H and O–H groups in total. The summed E-state index contributed by atoms with van der Waals surface area (Å²) in [6.07, 6.45) is 4.42. The van der Waals surface area contributed by atoms with Gasteiger partial charge in [0.15, 0.2) is 0 Å². The van der Waals surface area contributed by atoms with E-state index >= 15 is 0 Å². The Morgan fingerprint density at radius 1 is 1.30 bits per heavy atom. The maximum atomic E-state index is 12.0. The number of carbonyl (C=O) groups is 2. The molecule has 0 saturated carbocycles. The average molecular weight is 397 g/mol. The number of aromatic nitrogens is 4. The molecule has 3 aromatic rings. The average Bonchev–Trinajstić information content (AvgIpc) is 3.20. The summed E-state index contributed by atoms with van der Waals surface area (Å²) < 4.78 is 6.62. The Morgan fingerprint density at radius 3 is 2.74 bits per heavy atom. The molecule has 0 aliphatic heterocycles. The number of aromatic hydroxyl groups is 1. The van der Waals surface area contributed by atoms with Crippen molar-refractivity contribution in [3.05, 3.63) is 42.2 Å². The van der Waals surface area contributed by atoms with Crippen LogP contribution < -0.4 is 5.32 Å². The zero-order chi connectivity index (χ0) is 18.7. The van der Waals surface area contributed by atoms with E-state index in [0.29, 0.717) is 5.69 Å². The number of aromatic carboxylic acids is 1. The quantitative estimate of drug-likeness (QED) is 0.518. The van der Waals surface area contributed by atoms with Crippen LogP contribution in [0.1, 0.15) is 22.7 Å². The van der Waals surface area contributed by atoms with Gasteiger partial charge in [-0.15, -0.1) is 0 Å². The third-order valence-electron chi connectivity index (χ3n) is 3.47. The van der Waals surface area contributed by atoms with E-state index in [0.717, 1.165) is 0 Å². The number of hydrogen-bond acceptors (Lipinski definition) is 7. The van der Waals surface area contributed by atoms with Crippen molar-refractivity contribution in [2.75, 3.05) is 5.32 Å². The van der Waals surface area contributed by atoms with Crippen molar-refractivity contribution in [2.45, 2.75) is 12.8 Å². The topological polar surface area (TPSA) is 143 Å². The molecule has 10 nitrogen and oxygen atoms in total. The van der Waals surface area contributed by atoms with Gasteiger partial charge in [0.25, 0.3) is 0 Å². The van der Waals surface area contributed by atoms with Crippen LogP contribution in [0.3, 0.4) is 0 Å². The molecule has 0 saturated heterocycles. The predicted octanol–water partition coefficient (Wildman–Crippen LogP) is 0.797. The molecule has 0 spiro atoms. The van der Waals surface area contributed by atoms with Crippen LogP contribution >= 0.6 is 0 Å². The third-order valence-corrected chi connectivity index (χ3v) is 3.47. The van der Waals surface area contributed by atoms with Gasteiger partial charge in [-0.05, 0) is 12.1 Å². The second-order valence-electron chi connectivity index (χ2n) is 5.52. The van der Waals surface area contributed by atoms with Crippen LogP contribution in [-0.2, 0) is 18.3 Å². The summed E-state index contributed by atoms with van der Waals surface area (Å²) in [5, 5.41) is 24.7. The van der Waals surface area contributed by atoms with Crippen LogP contribution in [0.25, 0.3) is 11.5 Å². The molecule has 0 atom stereocenters. The zero-order valence-electron chi connectivity index (χ0n) is 13.7. The molecule has 0 aromatic carbocycles. The van der Waals surface area contributed by atoms with Crippen molar-refractivity contribution in [1.82, 2.24) is 19.7 Å². The molecular formula is C16H16KN5O5. The van der Waals surface area contributed by atoms with Crippen molar-refractivity contribution in [1.29, 1.82) is 0 Å². The monoisotopic (exact) mass is 397 g/mol. The van der Waals surface area contributed by atoms with Crippen molar-refractivity contribution < 1.29 is 24.3 Å². The predicted molar refractivity (Wildman–Crippen MR) is 95.7 cm³/mol. The van der Waals surface area contributed by atoms with Crippen molar-refractivity contribution in [3.63, 3.8) is 0 Å². The van der Waals surface area contributed by atoms with Gasteiger partial charge < -0.3 is 24.6 Å². The van der Waals surface area contributed by atoms with E-state index in [1.54, 1.807) is 17.7 Å². The number of rotatable bonds is 6. The maximum absolute atomic E-state index is 12.0. The van der Waals surface area contributed by atoms with E-state index in [9.17, 15) is 14.7 Å². The number of pyridine rings is 1. The van der Waals surface area contributed by atoms with Gasteiger partial charge in [0, 0.05) is 32.3 Å². The van der Waals surface area contributed by atoms with Crippen LogP contribution in [0.4, 0.5) is 5.69 Å². The van der Waals surface area contributed by atoms with Gasteiger partial charge in [0.05, 0.1) is 11.9 Å². The van der Waals surface area contributed by atoms with Gasteiger partial charge in [-0.3, -0.25) is 4.79 Å². The number of nitrogens with one attached hydrogen (secondary N) is 1. The summed E-state index contributed by atoms with van der Waals surface area (Å²) in [4.78, 5) is 31.3. The Hall–Kier alpha value is -2.05. The first-order chi connectivity index (χ1) is 12.4. The molecule has 11 heteroatoms. The number of aryl methyl sites for hydroxylation is 2. The van der Waals surface area contributed by atoms with Crippen LogP contribution in [0.5, 0.6) is 5.75 Å². The Bertz CT molecular complexity index is 951. The molecule has 3 rings (SSSR count). The minimum absolute atomic E-state index is 0. The van der Waals surface area contributed by atoms with Gasteiger partial charge >= 0.3 is 57.4 Å². The summed E-state index contributed by atoms with van der Waals surface area (Å²) >= 11 is 0. The molecule has 0 unspecified atom stereocenters. The van der Waals surface area contributed by atoms with E-state index in [4.69, 9.17) is 9.63 Å². The summed E-state index contributed by atoms with van der Waals surface area (Å²) in [5.74, 6) is -0.978. The SMILES string of the molecule is Cn1cc(NC(=O)CCc2nc(-c3ccc(O)cn3)no2)c(C(=O)O)c1.[KH]. The Kier molecular flexibility index (Phi) is 7.27. The van der Waals surface area contributed by atoms with Gasteiger partial charge in [-0.25, -0.2) is 9.78 Å². The number of carboxylic acids is 1. The number of nitrogens with zero attached hydrogens (tertiary/aromatic N) is 4. The Morgan fingerprint density at radius 2 is 2.07 bits per heavy atom. The minimum atomic E-state index is -1.12. The molecule has 0 bridgehead atoms. The number of carbonyl (C=O) groups excluding carboxylic acids is 1. The van der Waals surface area contributed by atoms with Crippen molar-refractivity contribution in [2.24, 2.45) is 7.05 Å². The Labute approximate surface area is 196 Å². The molecule has 0 fully saturated rings. The second-order valence-corrected chi connectivity index (χ2v) is 5.52. The third kappa shape index (κ3) is 5.46. The number of anilines is 1. The molecule has 3 heterocycles. The summed E-state index contributed by atoms with van der Waals surface area (Å²) in [6.45, 7) is 0. The van der Waals surface area contributed by atoms with Crippen molar-refractivity contribution >= 4 is 68.9 Å². The van der Waals surface area contributed by atoms with E-state index in [2.05, 4.69) is 20.4 Å². The molecule has 136 valence electrons. The van der Waals surface area contributed by atoms with Crippen LogP contribution in [0.15, 0.2) is 35.2 Å². The van der Waals surface area contributed by atoms with E-state index in [1.807, 2.05) is 0 Å². The molecule has 1 amide bonds.